The molecule has 0 spiro atoms. The van der Waals surface area contributed by atoms with Crippen LogP contribution in [0.3, 0.4) is 0 Å². The van der Waals surface area contributed by atoms with Gasteiger partial charge in [0.1, 0.15) is 5.82 Å². The van der Waals surface area contributed by atoms with Crippen molar-refractivity contribution in [3.63, 3.8) is 0 Å². The molecule has 1 heterocycles. The van der Waals surface area contributed by atoms with Gasteiger partial charge in [0, 0.05) is 42.0 Å². The fourth-order valence-corrected chi connectivity index (χ4v) is 2.76. The highest BCUT2D eigenvalue weighted by molar-refractivity contribution is 7.98. The lowest BCUT2D eigenvalue weighted by Crippen LogP contribution is -2.18. The Morgan fingerprint density at radius 2 is 2.35 bits per heavy atom. The Hall–Kier alpha value is -1.01. The van der Waals surface area contributed by atoms with Crippen LogP contribution in [0.5, 0.6) is 0 Å². The molecule has 0 amide bonds. The second-order valence-corrected chi connectivity index (χ2v) is 5.76. The van der Waals surface area contributed by atoms with Crippen LogP contribution in [-0.2, 0) is 17.0 Å². The summed E-state index contributed by atoms with van der Waals surface area (Å²) in [5.74, 6) is 1.77. The first kappa shape index (κ1) is 15.4. The average molecular weight is 312 g/mol. The first-order valence-electron chi connectivity index (χ1n) is 6.38. The van der Waals surface area contributed by atoms with Crippen molar-refractivity contribution in [3.8, 4) is 0 Å². The molecule has 0 radical (unpaired) electrons. The third-order valence-electron chi connectivity index (χ3n) is 2.65. The van der Waals surface area contributed by atoms with Gasteiger partial charge in [-0.2, -0.15) is 0 Å². The molecule has 0 atom stereocenters. The lowest BCUT2D eigenvalue weighted by Gasteiger charge is -2.02. The van der Waals surface area contributed by atoms with Gasteiger partial charge in [0.05, 0.1) is 12.4 Å². The Labute approximate surface area is 128 Å². The highest BCUT2D eigenvalue weighted by Gasteiger charge is 2.02. The number of nitrogens with one attached hydrogen (secondary N) is 2. The van der Waals surface area contributed by atoms with E-state index in [2.05, 4.69) is 15.3 Å². The second-order valence-electron chi connectivity index (χ2n) is 4.27. The summed E-state index contributed by atoms with van der Waals surface area (Å²) in [5, 5.41) is 4.04. The van der Waals surface area contributed by atoms with E-state index < -0.39 is 0 Å². The van der Waals surface area contributed by atoms with Crippen molar-refractivity contribution in [3.05, 3.63) is 47.0 Å². The Balaban J connectivity index is 1.78. The van der Waals surface area contributed by atoms with Gasteiger partial charge in [0.15, 0.2) is 0 Å². The number of aromatic amines is 1. The van der Waals surface area contributed by atoms with Crippen LogP contribution < -0.4 is 5.32 Å². The molecule has 0 saturated carbocycles. The van der Waals surface area contributed by atoms with E-state index in [1.54, 1.807) is 18.9 Å². The van der Waals surface area contributed by atoms with Gasteiger partial charge >= 0.3 is 0 Å². The summed E-state index contributed by atoms with van der Waals surface area (Å²) in [6.45, 7) is 2.33. The van der Waals surface area contributed by atoms with E-state index in [1.807, 2.05) is 30.5 Å². The highest BCUT2D eigenvalue weighted by Crippen LogP contribution is 2.24. The number of nitrogens with zero attached hydrogens (tertiary/aromatic N) is 1. The summed E-state index contributed by atoms with van der Waals surface area (Å²) < 4.78 is 4.98. The summed E-state index contributed by atoms with van der Waals surface area (Å²) in [7, 11) is 1.70. The normalized spacial score (nSPS) is 10.9. The molecule has 4 nitrogen and oxygen atoms in total. The van der Waals surface area contributed by atoms with Crippen LogP contribution in [-0.4, -0.2) is 30.2 Å². The quantitative estimate of drug-likeness (QED) is 0.581. The Morgan fingerprint density at radius 3 is 3.15 bits per heavy atom. The summed E-state index contributed by atoms with van der Waals surface area (Å²) in [6, 6.07) is 7.84. The number of hydrogen-bond acceptors (Lipinski definition) is 4. The van der Waals surface area contributed by atoms with Crippen LogP contribution in [0, 0.1) is 0 Å². The number of hydrogen-bond donors (Lipinski definition) is 2. The zero-order chi connectivity index (χ0) is 14.2. The van der Waals surface area contributed by atoms with Gasteiger partial charge in [-0.15, -0.1) is 11.8 Å². The van der Waals surface area contributed by atoms with Crippen molar-refractivity contribution < 1.29 is 4.74 Å². The van der Waals surface area contributed by atoms with Crippen molar-refractivity contribution in [2.45, 2.75) is 17.2 Å². The van der Waals surface area contributed by atoms with Crippen molar-refractivity contribution in [2.24, 2.45) is 0 Å². The monoisotopic (exact) mass is 311 g/mol. The number of aromatic nitrogens is 2. The summed E-state index contributed by atoms with van der Waals surface area (Å²) in [5.41, 5.74) is 1.09. The van der Waals surface area contributed by atoms with Crippen molar-refractivity contribution >= 4 is 23.4 Å². The largest absolute Gasteiger partial charge is 0.383 e. The van der Waals surface area contributed by atoms with Crippen molar-refractivity contribution in [2.75, 3.05) is 20.3 Å². The van der Waals surface area contributed by atoms with Gasteiger partial charge in [-0.25, -0.2) is 4.98 Å². The number of halogens is 1. The maximum absolute atomic E-state index is 5.96. The number of methoxy groups -OCH3 is 1. The van der Waals surface area contributed by atoms with E-state index in [0.717, 1.165) is 40.3 Å². The lowest BCUT2D eigenvalue weighted by atomic mass is 10.4. The van der Waals surface area contributed by atoms with Crippen LogP contribution >= 0.6 is 23.4 Å². The van der Waals surface area contributed by atoms with E-state index in [4.69, 9.17) is 16.3 Å². The van der Waals surface area contributed by atoms with Gasteiger partial charge in [0.2, 0.25) is 0 Å². The molecule has 0 bridgehead atoms. The number of rotatable bonds is 8. The maximum atomic E-state index is 5.96. The first-order chi connectivity index (χ1) is 9.78. The molecule has 0 saturated heterocycles. The van der Waals surface area contributed by atoms with Gasteiger partial charge < -0.3 is 15.0 Å². The van der Waals surface area contributed by atoms with Crippen LogP contribution in [0.2, 0.25) is 5.02 Å². The number of ether oxygens (including phenoxy) is 1. The smallest absolute Gasteiger partial charge is 0.116 e. The zero-order valence-corrected chi connectivity index (χ0v) is 12.9. The minimum absolute atomic E-state index is 0.714. The zero-order valence-electron chi connectivity index (χ0n) is 11.4. The summed E-state index contributed by atoms with van der Waals surface area (Å²) in [4.78, 5) is 8.83. The first-order valence-corrected chi connectivity index (χ1v) is 7.75. The summed E-state index contributed by atoms with van der Waals surface area (Å²) >= 11 is 7.67. The predicted octanol–water partition coefficient (Wildman–Crippen LogP) is 3.09. The predicted molar refractivity (Wildman–Crippen MR) is 83.2 cm³/mol. The molecule has 1 aromatic heterocycles. The van der Waals surface area contributed by atoms with E-state index in [0.29, 0.717) is 6.61 Å². The van der Waals surface area contributed by atoms with Crippen LogP contribution in [0.4, 0.5) is 0 Å². The highest BCUT2D eigenvalue weighted by atomic mass is 35.5. The molecule has 2 aromatic rings. The van der Waals surface area contributed by atoms with Gasteiger partial charge in [-0.05, 0) is 18.2 Å². The maximum Gasteiger partial charge on any atom is 0.116 e. The average Bonchev–Trinajstić information content (AvgIpc) is 2.89. The molecule has 0 aliphatic rings. The topological polar surface area (TPSA) is 49.9 Å². The number of H-pyrrole nitrogens is 1. The second kappa shape index (κ2) is 8.32. The fourth-order valence-electron chi connectivity index (χ4n) is 1.67. The molecule has 0 aliphatic heterocycles. The SMILES string of the molecule is COCCNCc1cnc(CSc2cccc(Cl)c2)[nH]1. The molecule has 0 unspecified atom stereocenters. The number of benzene rings is 1. The van der Waals surface area contributed by atoms with E-state index in [-0.39, 0.29) is 0 Å². The summed E-state index contributed by atoms with van der Waals surface area (Å²) in [6.07, 6.45) is 1.87. The molecular formula is C14H18ClN3OS. The molecule has 2 N–H and O–H groups in total. The Bertz CT molecular complexity index is 533. The Kier molecular flexibility index (Phi) is 6.39. The molecule has 108 valence electrons. The molecule has 2 rings (SSSR count). The molecule has 1 aromatic carbocycles. The third kappa shape index (κ3) is 5.17. The molecule has 0 aliphatic carbocycles. The minimum atomic E-state index is 0.714. The minimum Gasteiger partial charge on any atom is -0.383 e. The van der Waals surface area contributed by atoms with Gasteiger partial charge in [0.25, 0.3) is 0 Å². The van der Waals surface area contributed by atoms with Gasteiger partial charge in [-0.1, -0.05) is 17.7 Å². The molecule has 20 heavy (non-hydrogen) atoms. The van der Waals surface area contributed by atoms with Crippen molar-refractivity contribution in [1.82, 2.24) is 15.3 Å². The standard InChI is InChI=1S/C14H18ClN3OS/c1-19-6-5-16-8-12-9-17-14(18-12)10-20-13-4-2-3-11(15)7-13/h2-4,7,9,16H,5-6,8,10H2,1H3,(H,17,18). The Morgan fingerprint density at radius 1 is 1.45 bits per heavy atom. The molecule has 6 heteroatoms. The van der Waals surface area contributed by atoms with Crippen LogP contribution in [0.1, 0.15) is 11.5 Å². The third-order valence-corrected chi connectivity index (χ3v) is 3.89. The van der Waals surface area contributed by atoms with Crippen LogP contribution in [0.25, 0.3) is 0 Å². The number of imidazole rings is 1. The van der Waals surface area contributed by atoms with E-state index in [9.17, 15) is 0 Å². The van der Waals surface area contributed by atoms with E-state index >= 15 is 0 Å². The van der Waals surface area contributed by atoms with E-state index in [1.165, 1.54) is 0 Å². The van der Waals surface area contributed by atoms with Gasteiger partial charge in [-0.3, -0.25) is 0 Å². The van der Waals surface area contributed by atoms with Crippen LogP contribution in [0.15, 0.2) is 35.4 Å². The van der Waals surface area contributed by atoms with Crippen molar-refractivity contribution in [1.29, 1.82) is 0 Å². The number of thioether (sulfide) groups is 1. The molecule has 0 fully saturated rings. The molecular weight excluding hydrogens is 294 g/mol. The fraction of sp³-hybridized carbons (Fsp3) is 0.357. The lowest BCUT2D eigenvalue weighted by molar-refractivity contribution is 0.199.